The van der Waals surface area contributed by atoms with Crippen molar-refractivity contribution in [1.29, 1.82) is 5.41 Å². The third-order valence-corrected chi connectivity index (χ3v) is 2.90. The Bertz CT molecular complexity index is 347. The number of methoxy groups -OCH3 is 1. The molecule has 1 fully saturated rings. The molecule has 1 heterocycles. The van der Waals surface area contributed by atoms with Crippen molar-refractivity contribution in [2.75, 3.05) is 13.7 Å². The van der Waals surface area contributed by atoms with Crippen LogP contribution in [0.25, 0.3) is 0 Å². The lowest BCUT2D eigenvalue weighted by Crippen LogP contribution is -2.47. The first-order valence-electron chi connectivity index (χ1n) is 5.38. The van der Waals surface area contributed by atoms with E-state index in [9.17, 15) is 4.79 Å². The zero-order valence-electron chi connectivity index (χ0n) is 10.3. The number of halogens is 3. The summed E-state index contributed by atoms with van der Waals surface area (Å²) in [6.45, 7) is 1.49. The number of carbonyl (C=O) groups excluding carboxylic acids is 1. The van der Waals surface area contributed by atoms with Crippen LogP contribution in [0, 0.1) is 5.41 Å². The van der Waals surface area contributed by atoms with E-state index >= 15 is 0 Å². The average Bonchev–Trinajstić information content (AvgIpc) is 2.29. The van der Waals surface area contributed by atoms with E-state index in [1.54, 1.807) is 0 Å². The molecule has 19 heavy (non-hydrogen) atoms. The third-order valence-electron chi connectivity index (χ3n) is 2.39. The Morgan fingerprint density at radius 1 is 1.37 bits per heavy atom. The molecule has 0 saturated carbocycles. The second-order valence-electron chi connectivity index (χ2n) is 3.89. The molecule has 0 radical (unpaired) electrons. The van der Waals surface area contributed by atoms with Gasteiger partial charge in [-0.2, -0.15) is 0 Å². The van der Waals surface area contributed by atoms with E-state index in [0.717, 1.165) is 0 Å². The van der Waals surface area contributed by atoms with E-state index in [2.05, 4.69) is 0 Å². The fraction of sp³-hybridized carbons (Fsp3) is 0.800. The zero-order chi connectivity index (χ0) is 14.6. The maximum atomic E-state index is 11.0. The van der Waals surface area contributed by atoms with Crippen LogP contribution in [0.1, 0.15) is 13.3 Å². The number of alkyl halides is 3. The molecule has 1 aliphatic heterocycles. The molecule has 0 aromatic rings. The summed E-state index contributed by atoms with van der Waals surface area (Å²) in [6, 6.07) is 0. The molecule has 1 aliphatic rings. The Labute approximate surface area is 125 Å². The highest BCUT2D eigenvalue weighted by Gasteiger charge is 2.39. The predicted molar refractivity (Wildman–Crippen MR) is 69.8 cm³/mol. The lowest BCUT2D eigenvalue weighted by atomic mass is 10.1. The second-order valence-corrected chi connectivity index (χ2v) is 6.17. The molecular formula is C10H14Cl3NO5. The summed E-state index contributed by atoms with van der Waals surface area (Å²) in [5.74, 6) is -1.10. The van der Waals surface area contributed by atoms with E-state index in [-0.39, 0.29) is 12.7 Å². The van der Waals surface area contributed by atoms with Gasteiger partial charge in [-0.1, -0.05) is 34.8 Å². The van der Waals surface area contributed by atoms with Crippen LogP contribution in [0.15, 0.2) is 0 Å². The Balaban J connectivity index is 2.68. The van der Waals surface area contributed by atoms with Gasteiger partial charge in [-0.25, -0.2) is 0 Å². The molecule has 0 amide bonds. The Morgan fingerprint density at radius 3 is 2.47 bits per heavy atom. The van der Waals surface area contributed by atoms with Gasteiger partial charge in [-0.15, -0.1) is 0 Å². The first-order chi connectivity index (χ1) is 8.74. The third kappa shape index (κ3) is 5.31. The number of hydrogen-bond acceptors (Lipinski definition) is 6. The monoisotopic (exact) mass is 333 g/mol. The van der Waals surface area contributed by atoms with Crippen molar-refractivity contribution in [2.24, 2.45) is 0 Å². The SMILES string of the molecule is CO[C@@H]1COC(OC(=N)C(Cl)(Cl)Cl)[C@H](OC(C)=O)C1. The highest BCUT2D eigenvalue weighted by atomic mass is 35.6. The molecule has 0 bridgehead atoms. The van der Waals surface area contributed by atoms with Crippen molar-refractivity contribution in [1.82, 2.24) is 0 Å². The molecule has 0 spiro atoms. The summed E-state index contributed by atoms with van der Waals surface area (Å²) in [5, 5.41) is 7.47. The molecule has 110 valence electrons. The lowest BCUT2D eigenvalue weighted by Gasteiger charge is -2.35. The maximum Gasteiger partial charge on any atom is 0.303 e. The van der Waals surface area contributed by atoms with Crippen molar-refractivity contribution in [3.63, 3.8) is 0 Å². The highest BCUT2D eigenvalue weighted by molar-refractivity contribution is 6.76. The van der Waals surface area contributed by atoms with Crippen LogP contribution in [0.3, 0.4) is 0 Å². The molecule has 1 unspecified atom stereocenters. The van der Waals surface area contributed by atoms with Crippen LogP contribution < -0.4 is 0 Å². The lowest BCUT2D eigenvalue weighted by molar-refractivity contribution is -0.222. The Kier molecular flexibility index (Phi) is 6.14. The van der Waals surface area contributed by atoms with Crippen LogP contribution in [0.4, 0.5) is 0 Å². The van der Waals surface area contributed by atoms with Gasteiger partial charge < -0.3 is 18.9 Å². The number of ether oxygens (including phenoxy) is 4. The zero-order valence-corrected chi connectivity index (χ0v) is 12.6. The topological polar surface area (TPSA) is 77.8 Å². The summed E-state index contributed by atoms with van der Waals surface area (Å²) in [6.07, 6.45) is -1.60. The normalized spacial score (nSPS) is 27.7. The van der Waals surface area contributed by atoms with E-state index in [1.165, 1.54) is 14.0 Å². The molecular weight excluding hydrogens is 320 g/mol. The van der Waals surface area contributed by atoms with Gasteiger partial charge in [-0.3, -0.25) is 10.2 Å². The van der Waals surface area contributed by atoms with E-state index < -0.39 is 28.1 Å². The number of esters is 1. The van der Waals surface area contributed by atoms with Crippen molar-refractivity contribution in [3.05, 3.63) is 0 Å². The average molecular weight is 335 g/mol. The highest BCUT2D eigenvalue weighted by Crippen LogP contribution is 2.30. The molecule has 3 atom stereocenters. The smallest absolute Gasteiger partial charge is 0.303 e. The molecule has 0 aliphatic carbocycles. The molecule has 9 heteroatoms. The number of rotatable bonds is 3. The Hall–Kier alpha value is -0.270. The molecule has 1 saturated heterocycles. The summed E-state index contributed by atoms with van der Waals surface area (Å²) in [4.78, 5) is 11.0. The van der Waals surface area contributed by atoms with Gasteiger partial charge in [0.2, 0.25) is 12.2 Å². The van der Waals surface area contributed by atoms with E-state index in [4.69, 9.17) is 59.2 Å². The van der Waals surface area contributed by atoms with Crippen LogP contribution in [-0.2, 0) is 23.7 Å². The number of carbonyl (C=O) groups is 1. The summed E-state index contributed by atoms with van der Waals surface area (Å²) in [7, 11) is 1.52. The van der Waals surface area contributed by atoms with Crippen molar-refractivity contribution in [2.45, 2.75) is 35.6 Å². The van der Waals surface area contributed by atoms with Crippen LogP contribution in [0.2, 0.25) is 0 Å². The minimum Gasteiger partial charge on any atom is -0.456 e. The summed E-state index contributed by atoms with van der Waals surface area (Å²) in [5.41, 5.74) is 0. The van der Waals surface area contributed by atoms with Gasteiger partial charge >= 0.3 is 5.97 Å². The van der Waals surface area contributed by atoms with Crippen molar-refractivity contribution < 1.29 is 23.7 Å². The van der Waals surface area contributed by atoms with Gasteiger partial charge in [0.05, 0.1) is 12.7 Å². The van der Waals surface area contributed by atoms with Crippen molar-refractivity contribution in [3.8, 4) is 0 Å². The maximum absolute atomic E-state index is 11.0. The van der Waals surface area contributed by atoms with Crippen LogP contribution in [-0.4, -0.2) is 47.9 Å². The van der Waals surface area contributed by atoms with Crippen LogP contribution in [0.5, 0.6) is 0 Å². The first kappa shape index (κ1) is 16.8. The first-order valence-corrected chi connectivity index (χ1v) is 6.51. The van der Waals surface area contributed by atoms with E-state index in [1.807, 2.05) is 0 Å². The fourth-order valence-corrected chi connectivity index (χ4v) is 1.66. The van der Waals surface area contributed by atoms with Crippen LogP contribution >= 0.6 is 34.8 Å². The van der Waals surface area contributed by atoms with Gasteiger partial charge in [-0.05, 0) is 0 Å². The molecule has 1 N–H and O–H groups in total. The van der Waals surface area contributed by atoms with Gasteiger partial charge in [0.25, 0.3) is 3.79 Å². The second kappa shape index (κ2) is 6.95. The minimum atomic E-state index is -2.00. The molecule has 0 aromatic carbocycles. The Morgan fingerprint density at radius 2 is 2.00 bits per heavy atom. The molecule has 0 aromatic heterocycles. The minimum absolute atomic E-state index is 0.228. The predicted octanol–water partition coefficient (Wildman–Crippen LogP) is 2.04. The quantitative estimate of drug-likeness (QED) is 0.370. The molecule has 6 nitrogen and oxygen atoms in total. The number of nitrogens with one attached hydrogen (secondary N) is 1. The standard InChI is InChI=1S/C10H14Cl3NO5/c1-5(15)18-7-3-6(16-2)4-17-8(7)19-9(14)10(11,12)13/h6-8,14H,3-4H2,1-2H3/t6-,7+,8?/m0/s1. The fourth-order valence-electron chi connectivity index (χ4n) is 1.52. The molecule has 1 rings (SSSR count). The number of hydrogen-bond donors (Lipinski definition) is 1. The van der Waals surface area contributed by atoms with Crippen molar-refractivity contribution >= 4 is 46.7 Å². The van der Waals surface area contributed by atoms with Gasteiger partial charge in [0.1, 0.15) is 0 Å². The largest absolute Gasteiger partial charge is 0.456 e. The van der Waals surface area contributed by atoms with Gasteiger partial charge in [0.15, 0.2) is 6.10 Å². The van der Waals surface area contributed by atoms with Gasteiger partial charge in [0, 0.05) is 20.5 Å². The van der Waals surface area contributed by atoms with E-state index in [0.29, 0.717) is 6.42 Å². The summed E-state index contributed by atoms with van der Waals surface area (Å²) < 4.78 is 18.6. The summed E-state index contributed by atoms with van der Waals surface area (Å²) >= 11 is 16.5.